The van der Waals surface area contributed by atoms with E-state index in [0.29, 0.717) is 22.1 Å². The molecule has 0 aliphatic carbocycles. The molecule has 134 valence electrons. The zero-order chi connectivity index (χ0) is 18.7. The molecule has 1 aromatic carbocycles. The molecule has 8 heteroatoms. The number of thiophene rings is 1. The van der Waals surface area contributed by atoms with Crippen LogP contribution in [0, 0.1) is 6.92 Å². The first-order chi connectivity index (χ1) is 12.5. The maximum absolute atomic E-state index is 12.3. The van der Waals surface area contributed by atoms with Gasteiger partial charge in [0.2, 0.25) is 0 Å². The number of ether oxygens (including phenoxy) is 2. The molecule has 0 aliphatic rings. The molecule has 3 rings (SSSR count). The fourth-order valence-electron chi connectivity index (χ4n) is 2.38. The van der Waals surface area contributed by atoms with Gasteiger partial charge in [-0.05, 0) is 24.6 Å². The summed E-state index contributed by atoms with van der Waals surface area (Å²) in [6.07, 6.45) is 0. The SMILES string of the molecule is COC(=O)c1c(-c2ccc(OC)cc2)csc1NC(=O)c1cc(C)on1. The van der Waals surface area contributed by atoms with Gasteiger partial charge in [0.1, 0.15) is 22.1 Å². The summed E-state index contributed by atoms with van der Waals surface area (Å²) in [4.78, 5) is 24.6. The zero-order valence-electron chi connectivity index (χ0n) is 14.4. The van der Waals surface area contributed by atoms with Gasteiger partial charge in [-0.25, -0.2) is 4.79 Å². The van der Waals surface area contributed by atoms with Crippen molar-refractivity contribution < 1.29 is 23.6 Å². The monoisotopic (exact) mass is 372 g/mol. The number of rotatable bonds is 5. The van der Waals surface area contributed by atoms with Gasteiger partial charge in [0.25, 0.3) is 5.91 Å². The molecular weight excluding hydrogens is 356 g/mol. The molecule has 0 fully saturated rings. The van der Waals surface area contributed by atoms with E-state index in [9.17, 15) is 9.59 Å². The van der Waals surface area contributed by atoms with Crippen LogP contribution in [0.15, 0.2) is 40.2 Å². The molecule has 0 aliphatic heterocycles. The van der Waals surface area contributed by atoms with Crippen molar-refractivity contribution in [1.29, 1.82) is 0 Å². The number of methoxy groups -OCH3 is 2. The summed E-state index contributed by atoms with van der Waals surface area (Å²) in [6.45, 7) is 1.69. The maximum atomic E-state index is 12.3. The van der Waals surface area contributed by atoms with Gasteiger partial charge in [-0.3, -0.25) is 4.79 Å². The Kier molecular flexibility index (Phi) is 5.04. The van der Waals surface area contributed by atoms with E-state index >= 15 is 0 Å². The molecule has 0 bridgehead atoms. The fourth-order valence-corrected chi connectivity index (χ4v) is 3.33. The molecule has 1 amide bonds. The summed E-state index contributed by atoms with van der Waals surface area (Å²) >= 11 is 1.23. The number of aryl methyl sites for hydroxylation is 1. The van der Waals surface area contributed by atoms with Crippen LogP contribution in [0.3, 0.4) is 0 Å². The number of aromatic nitrogens is 1. The third kappa shape index (κ3) is 3.45. The van der Waals surface area contributed by atoms with Gasteiger partial charge in [-0.2, -0.15) is 0 Å². The lowest BCUT2D eigenvalue weighted by Crippen LogP contribution is -2.14. The highest BCUT2D eigenvalue weighted by Crippen LogP contribution is 2.37. The molecular formula is C18H16N2O5S. The third-order valence-electron chi connectivity index (χ3n) is 3.67. The Morgan fingerprint density at radius 1 is 1.19 bits per heavy atom. The predicted molar refractivity (Wildman–Crippen MR) is 96.8 cm³/mol. The first-order valence-corrected chi connectivity index (χ1v) is 8.50. The van der Waals surface area contributed by atoms with Crippen LogP contribution in [0.2, 0.25) is 0 Å². The first-order valence-electron chi connectivity index (χ1n) is 7.62. The van der Waals surface area contributed by atoms with Gasteiger partial charge < -0.3 is 19.3 Å². The molecule has 7 nitrogen and oxygen atoms in total. The molecule has 3 aromatic rings. The highest BCUT2D eigenvalue weighted by atomic mass is 32.1. The van der Waals surface area contributed by atoms with E-state index in [4.69, 9.17) is 14.0 Å². The maximum Gasteiger partial charge on any atom is 0.341 e. The van der Waals surface area contributed by atoms with Crippen molar-refractivity contribution in [3.63, 3.8) is 0 Å². The number of esters is 1. The molecule has 1 N–H and O–H groups in total. The van der Waals surface area contributed by atoms with Crippen molar-refractivity contribution in [2.24, 2.45) is 0 Å². The van der Waals surface area contributed by atoms with Crippen LogP contribution in [-0.4, -0.2) is 31.3 Å². The van der Waals surface area contributed by atoms with Gasteiger partial charge in [-0.15, -0.1) is 11.3 Å². The minimum Gasteiger partial charge on any atom is -0.497 e. The Balaban J connectivity index is 1.96. The van der Waals surface area contributed by atoms with E-state index in [1.165, 1.54) is 24.5 Å². The summed E-state index contributed by atoms with van der Waals surface area (Å²) in [7, 11) is 2.88. The van der Waals surface area contributed by atoms with Crippen LogP contribution in [0.25, 0.3) is 11.1 Å². The molecule has 26 heavy (non-hydrogen) atoms. The number of nitrogens with zero attached hydrogens (tertiary/aromatic N) is 1. The third-order valence-corrected chi connectivity index (χ3v) is 4.56. The highest BCUT2D eigenvalue weighted by Gasteiger charge is 2.23. The van der Waals surface area contributed by atoms with Gasteiger partial charge >= 0.3 is 5.97 Å². The van der Waals surface area contributed by atoms with Crippen LogP contribution in [0.4, 0.5) is 5.00 Å². The van der Waals surface area contributed by atoms with Crippen molar-refractivity contribution in [2.75, 3.05) is 19.5 Å². The summed E-state index contributed by atoms with van der Waals surface area (Å²) in [5.74, 6) is 0.228. The standard InChI is InChI=1S/C18H16N2O5S/c1-10-8-14(20-25-10)16(21)19-17-15(18(22)24-3)13(9-26-17)11-4-6-12(23-2)7-5-11/h4-9H,1-3H3,(H,19,21). The van der Waals surface area contributed by atoms with Crippen LogP contribution < -0.4 is 10.1 Å². The van der Waals surface area contributed by atoms with E-state index in [2.05, 4.69) is 10.5 Å². The van der Waals surface area contributed by atoms with Gasteiger partial charge in [0.05, 0.1) is 14.2 Å². The summed E-state index contributed by atoms with van der Waals surface area (Å²) < 4.78 is 14.9. The second kappa shape index (κ2) is 7.40. The average molecular weight is 372 g/mol. The summed E-state index contributed by atoms with van der Waals surface area (Å²) in [5.41, 5.74) is 1.89. The van der Waals surface area contributed by atoms with Gasteiger partial charge in [0.15, 0.2) is 5.69 Å². The molecule has 2 aromatic heterocycles. The lowest BCUT2D eigenvalue weighted by Gasteiger charge is -2.07. The van der Waals surface area contributed by atoms with Crippen molar-refractivity contribution in [2.45, 2.75) is 6.92 Å². The van der Waals surface area contributed by atoms with Crippen LogP contribution in [-0.2, 0) is 4.74 Å². The average Bonchev–Trinajstić information content (AvgIpc) is 3.27. The van der Waals surface area contributed by atoms with Gasteiger partial charge in [0, 0.05) is 17.0 Å². The van der Waals surface area contributed by atoms with E-state index in [1.807, 2.05) is 12.1 Å². The lowest BCUT2D eigenvalue weighted by molar-refractivity contribution is 0.0603. The lowest BCUT2D eigenvalue weighted by atomic mass is 10.0. The molecule has 2 heterocycles. The number of hydrogen-bond donors (Lipinski definition) is 1. The number of benzene rings is 1. The van der Waals surface area contributed by atoms with E-state index in [0.717, 1.165) is 5.56 Å². The van der Waals surface area contributed by atoms with Crippen molar-refractivity contribution in [3.05, 3.63) is 52.7 Å². The first kappa shape index (κ1) is 17.7. The number of hydrogen-bond acceptors (Lipinski definition) is 7. The zero-order valence-corrected chi connectivity index (χ0v) is 15.2. The molecule has 0 unspecified atom stereocenters. The Bertz CT molecular complexity index is 943. The smallest absolute Gasteiger partial charge is 0.341 e. The largest absolute Gasteiger partial charge is 0.497 e. The number of anilines is 1. The quantitative estimate of drug-likeness (QED) is 0.686. The summed E-state index contributed by atoms with van der Waals surface area (Å²) in [5, 5.41) is 8.55. The number of carbonyl (C=O) groups is 2. The van der Waals surface area contributed by atoms with Crippen molar-refractivity contribution in [1.82, 2.24) is 5.16 Å². The van der Waals surface area contributed by atoms with Crippen LogP contribution in [0.1, 0.15) is 26.6 Å². The minimum atomic E-state index is -0.538. The van der Waals surface area contributed by atoms with Crippen LogP contribution >= 0.6 is 11.3 Å². The fraction of sp³-hybridized carbons (Fsp3) is 0.167. The Hall–Kier alpha value is -3.13. The molecule has 0 saturated heterocycles. The number of carbonyl (C=O) groups excluding carboxylic acids is 2. The normalized spacial score (nSPS) is 10.4. The highest BCUT2D eigenvalue weighted by molar-refractivity contribution is 7.15. The molecule has 0 radical (unpaired) electrons. The number of nitrogens with one attached hydrogen (secondary N) is 1. The molecule has 0 atom stereocenters. The number of amides is 1. The summed E-state index contributed by atoms with van der Waals surface area (Å²) in [6, 6.07) is 8.78. The van der Waals surface area contributed by atoms with E-state index in [1.54, 1.807) is 31.5 Å². The van der Waals surface area contributed by atoms with Crippen molar-refractivity contribution >= 4 is 28.2 Å². The van der Waals surface area contributed by atoms with E-state index in [-0.39, 0.29) is 11.3 Å². The topological polar surface area (TPSA) is 90.7 Å². The molecule has 0 saturated carbocycles. The van der Waals surface area contributed by atoms with Crippen molar-refractivity contribution in [3.8, 4) is 16.9 Å². The Labute approximate surface area is 153 Å². The Morgan fingerprint density at radius 3 is 2.50 bits per heavy atom. The second-order valence-electron chi connectivity index (χ2n) is 5.35. The van der Waals surface area contributed by atoms with Gasteiger partial charge in [-0.1, -0.05) is 17.3 Å². The molecule has 0 spiro atoms. The van der Waals surface area contributed by atoms with Crippen LogP contribution in [0.5, 0.6) is 5.75 Å². The second-order valence-corrected chi connectivity index (χ2v) is 6.23. The Morgan fingerprint density at radius 2 is 1.92 bits per heavy atom. The van der Waals surface area contributed by atoms with E-state index < -0.39 is 11.9 Å². The predicted octanol–water partition coefficient (Wildman–Crippen LogP) is 3.76. The minimum absolute atomic E-state index is 0.137.